The zero-order chi connectivity index (χ0) is 13.7. The van der Waals surface area contributed by atoms with Crippen LogP contribution in [0.5, 0.6) is 0 Å². The lowest BCUT2D eigenvalue weighted by molar-refractivity contribution is 0.180. The summed E-state index contributed by atoms with van der Waals surface area (Å²) in [4.78, 5) is 9.40. The highest BCUT2D eigenvalue weighted by Gasteiger charge is 2.22. The summed E-state index contributed by atoms with van der Waals surface area (Å²) >= 11 is 3.59. The van der Waals surface area contributed by atoms with Crippen molar-refractivity contribution in [2.45, 2.75) is 51.6 Å². The number of methoxy groups -OCH3 is 1. The average Bonchev–Trinajstić information content (AvgIpc) is 2.94. The van der Waals surface area contributed by atoms with Gasteiger partial charge in [-0.05, 0) is 35.2 Å². The molecular formula is C14H22BrN3O. The number of ether oxygens (including phenoxy) is 1. The fraction of sp³-hybridized carbons (Fsp3) is 0.714. The second-order valence-electron chi connectivity index (χ2n) is 5.03. The normalized spacial score (nSPS) is 15.9. The highest BCUT2D eigenvalue weighted by Crippen LogP contribution is 2.34. The van der Waals surface area contributed by atoms with E-state index >= 15 is 0 Å². The first-order valence-corrected chi connectivity index (χ1v) is 7.84. The van der Waals surface area contributed by atoms with Crippen LogP contribution in [-0.2, 0) is 11.3 Å². The van der Waals surface area contributed by atoms with Crippen molar-refractivity contribution >= 4 is 21.7 Å². The number of hydrogen-bond acceptors (Lipinski definition) is 4. The minimum atomic E-state index is 0.517. The van der Waals surface area contributed by atoms with Crippen LogP contribution in [0.15, 0.2) is 4.47 Å². The summed E-state index contributed by atoms with van der Waals surface area (Å²) in [6, 6.07) is 0. The Kier molecular flexibility index (Phi) is 5.58. The molecule has 19 heavy (non-hydrogen) atoms. The Morgan fingerprint density at radius 2 is 2.05 bits per heavy atom. The van der Waals surface area contributed by atoms with Crippen molar-refractivity contribution in [2.75, 3.05) is 19.0 Å². The van der Waals surface area contributed by atoms with Gasteiger partial charge >= 0.3 is 0 Å². The summed E-state index contributed by atoms with van der Waals surface area (Å²) in [5, 5.41) is 3.37. The Morgan fingerprint density at radius 1 is 1.32 bits per heavy atom. The van der Waals surface area contributed by atoms with E-state index in [1.165, 1.54) is 25.7 Å². The van der Waals surface area contributed by atoms with Crippen LogP contribution in [0.2, 0.25) is 0 Å². The maximum absolute atomic E-state index is 5.24. The molecule has 0 unspecified atom stereocenters. The first-order chi connectivity index (χ1) is 9.26. The van der Waals surface area contributed by atoms with E-state index in [1.54, 1.807) is 7.11 Å². The van der Waals surface area contributed by atoms with Crippen LogP contribution in [0.25, 0.3) is 0 Å². The van der Waals surface area contributed by atoms with Crippen molar-refractivity contribution in [3.63, 3.8) is 0 Å². The molecule has 0 radical (unpaired) electrons. The molecule has 0 saturated heterocycles. The first kappa shape index (κ1) is 14.7. The molecule has 4 nitrogen and oxygen atoms in total. The molecule has 0 aromatic carbocycles. The summed E-state index contributed by atoms with van der Waals surface area (Å²) in [5.74, 6) is 2.41. The largest absolute Gasteiger partial charge is 0.378 e. The van der Waals surface area contributed by atoms with E-state index < -0.39 is 0 Å². The Bertz CT molecular complexity index is 419. The minimum absolute atomic E-state index is 0.517. The summed E-state index contributed by atoms with van der Waals surface area (Å²) in [5.41, 5.74) is 0.943. The molecule has 1 aliphatic rings. The Morgan fingerprint density at radius 3 is 2.68 bits per heavy atom. The third-order valence-electron chi connectivity index (χ3n) is 3.48. The molecule has 1 aromatic rings. The van der Waals surface area contributed by atoms with E-state index in [9.17, 15) is 0 Å². The van der Waals surface area contributed by atoms with Gasteiger partial charge in [0.05, 0.1) is 16.8 Å². The Balaban J connectivity index is 2.29. The molecule has 1 aliphatic carbocycles. The highest BCUT2D eigenvalue weighted by molar-refractivity contribution is 9.10. The van der Waals surface area contributed by atoms with Gasteiger partial charge in [-0.1, -0.05) is 19.8 Å². The van der Waals surface area contributed by atoms with E-state index in [-0.39, 0.29) is 0 Å². The first-order valence-electron chi connectivity index (χ1n) is 7.05. The fourth-order valence-electron chi connectivity index (χ4n) is 2.47. The molecule has 0 amide bonds. The van der Waals surface area contributed by atoms with Gasteiger partial charge in [0.25, 0.3) is 0 Å². The lowest BCUT2D eigenvalue weighted by atomic mass is 10.1. The average molecular weight is 328 g/mol. The molecule has 2 rings (SSSR count). The molecule has 106 valence electrons. The number of rotatable bonds is 6. The molecule has 0 atom stereocenters. The molecule has 1 fully saturated rings. The summed E-state index contributed by atoms with van der Waals surface area (Å²) in [6.07, 6.45) is 6.08. The molecule has 0 spiro atoms. The zero-order valence-corrected chi connectivity index (χ0v) is 13.3. The van der Waals surface area contributed by atoms with Gasteiger partial charge in [0.1, 0.15) is 11.6 Å². The second kappa shape index (κ2) is 7.20. The number of anilines is 1. The molecule has 1 aromatic heterocycles. The molecule has 0 bridgehead atoms. The number of nitrogens with zero attached hydrogens (tertiary/aromatic N) is 2. The molecular weight excluding hydrogens is 306 g/mol. The predicted octanol–water partition coefficient (Wildman–Crippen LogP) is 3.87. The van der Waals surface area contributed by atoms with Crippen molar-refractivity contribution in [1.29, 1.82) is 0 Å². The Labute approximate surface area is 123 Å². The third kappa shape index (κ3) is 3.66. The van der Waals surface area contributed by atoms with E-state index in [4.69, 9.17) is 9.72 Å². The van der Waals surface area contributed by atoms with Crippen LogP contribution in [0, 0.1) is 0 Å². The topological polar surface area (TPSA) is 47.0 Å². The second-order valence-corrected chi connectivity index (χ2v) is 5.83. The van der Waals surface area contributed by atoms with Gasteiger partial charge in [-0.2, -0.15) is 0 Å². The van der Waals surface area contributed by atoms with Gasteiger partial charge < -0.3 is 10.1 Å². The van der Waals surface area contributed by atoms with Crippen LogP contribution in [0.3, 0.4) is 0 Å². The smallest absolute Gasteiger partial charge is 0.144 e. The molecule has 5 heteroatoms. The van der Waals surface area contributed by atoms with E-state index in [0.29, 0.717) is 12.5 Å². The molecule has 1 N–H and O–H groups in total. The lowest BCUT2D eigenvalue weighted by Crippen LogP contribution is -2.11. The fourth-order valence-corrected chi connectivity index (χ4v) is 2.90. The van der Waals surface area contributed by atoms with Gasteiger partial charge in [0.15, 0.2) is 0 Å². The van der Waals surface area contributed by atoms with E-state index in [1.807, 2.05) is 0 Å². The predicted molar refractivity (Wildman–Crippen MR) is 80.4 cm³/mol. The van der Waals surface area contributed by atoms with E-state index in [0.717, 1.165) is 34.8 Å². The van der Waals surface area contributed by atoms with Gasteiger partial charge in [0.2, 0.25) is 0 Å². The van der Waals surface area contributed by atoms with Crippen LogP contribution in [-0.4, -0.2) is 23.6 Å². The van der Waals surface area contributed by atoms with Crippen molar-refractivity contribution in [2.24, 2.45) is 0 Å². The number of aromatic nitrogens is 2. The third-order valence-corrected chi connectivity index (χ3v) is 4.31. The van der Waals surface area contributed by atoms with Crippen molar-refractivity contribution in [3.8, 4) is 0 Å². The van der Waals surface area contributed by atoms with Crippen LogP contribution < -0.4 is 5.32 Å². The molecule has 0 aliphatic heterocycles. The summed E-state index contributed by atoms with van der Waals surface area (Å²) in [7, 11) is 1.70. The quantitative estimate of drug-likeness (QED) is 0.861. The van der Waals surface area contributed by atoms with Gasteiger partial charge in [0, 0.05) is 19.6 Å². The van der Waals surface area contributed by atoms with Gasteiger partial charge in [-0.25, -0.2) is 9.97 Å². The van der Waals surface area contributed by atoms with Crippen LogP contribution >= 0.6 is 15.9 Å². The van der Waals surface area contributed by atoms with Crippen LogP contribution in [0.4, 0.5) is 5.82 Å². The van der Waals surface area contributed by atoms with E-state index in [2.05, 4.69) is 33.2 Å². The highest BCUT2D eigenvalue weighted by atomic mass is 79.9. The molecule has 1 saturated carbocycles. The number of hydrogen-bond donors (Lipinski definition) is 1. The van der Waals surface area contributed by atoms with Crippen LogP contribution in [0.1, 0.15) is 56.5 Å². The van der Waals surface area contributed by atoms with Crippen molar-refractivity contribution < 1.29 is 4.74 Å². The minimum Gasteiger partial charge on any atom is -0.378 e. The monoisotopic (exact) mass is 327 g/mol. The summed E-state index contributed by atoms with van der Waals surface area (Å²) in [6.45, 7) is 3.59. The number of halogens is 1. The van der Waals surface area contributed by atoms with Gasteiger partial charge in [-0.15, -0.1) is 0 Å². The van der Waals surface area contributed by atoms with Crippen molar-refractivity contribution in [1.82, 2.24) is 9.97 Å². The summed E-state index contributed by atoms with van der Waals surface area (Å²) < 4.78 is 6.17. The van der Waals surface area contributed by atoms with Gasteiger partial charge in [-0.3, -0.25) is 0 Å². The maximum atomic E-state index is 5.24. The molecule has 1 heterocycles. The number of nitrogens with one attached hydrogen (secondary N) is 1. The van der Waals surface area contributed by atoms with Crippen molar-refractivity contribution in [3.05, 3.63) is 16.0 Å². The maximum Gasteiger partial charge on any atom is 0.144 e. The zero-order valence-electron chi connectivity index (χ0n) is 11.7. The Hall–Kier alpha value is -0.680. The lowest BCUT2D eigenvalue weighted by Gasteiger charge is -2.15. The standard InChI is InChI=1S/C14H22BrN3O/c1-3-8-16-14-12(15)11(9-19-2)17-13(18-14)10-6-4-5-7-10/h10H,3-9H2,1-2H3,(H,16,17,18). The SMILES string of the molecule is CCCNc1nc(C2CCCC2)nc(COC)c1Br.